The lowest BCUT2D eigenvalue weighted by atomic mass is 10.1. The summed E-state index contributed by atoms with van der Waals surface area (Å²) in [5.74, 6) is -0.318. The van der Waals surface area contributed by atoms with Gasteiger partial charge < -0.3 is 31.2 Å². The van der Waals surface area contributed by atoms with Crippen molar-refractivity contribution in [2.45, 2.75) is 58.3 Å². The average molecular weight is 423 g/mol. The Morgan fingerprint density at radius 1 is 1.00 bits per heavy atom. The Bertz CT molecular complexity index is 661. The molecular formula is C21H34N4O5. The highest BCUT2D eigenvalue weighted by atomic mass is 16.6. The molecule has 0 spiro atoms. The summed E-state index contributed by atoms with van der Waals surface area (Å²) in [7, 11) is 0. The van der Waals surface area contributed by atoms with E-state index in [-0.39, 0.29) is 12.5 Å². The minimum Gasteiger partial charge on any atom is -0.445 e. The average Bonchev–Trinajstić information content (AvgIpc) is 2.68. The van der Waals surface area contributed by atoms with E-state index in [1.807, 2.05) is 30.3 Å². The van der Waals surface area contributed by atoms with Crippen molar-refractivity contribution in [2.75, 3.05) is 19.6 Å². The molecule has 0 saturated carbocycles. The van der Waals surface area contributed by atoms with Gasteiger partial charge in [0.2, 0.25) is 5.91 Å². The molecule has 0 heterocycles. The Morgan fingerprint density at radius 3 is 2.33 bits per heavy atom. The molecular weight excluding hydrogens is 388 g/mol. The van der Waals surface area contributed by atoms with Crippen molar-refractivity contribution in [1.82, 2.24) is 16.0 Å². The van der Waals surface area contributed by atoms with Crippen molar-refractivity contribution in [2.24, 2.45) is 5.73 Å². The number of rotatable bonds is 11. The molecule has 168 valence electrons. The number of ether oxygens (including phenoxy) is 2. The molecule has 1 aromatic carbocycles. The molecule has 0 unspecified atom stereocenters. The summed E-state index contributed by atoms with van der Waals surface area (Å²) in [6.45, 7) is 6.48. The van der Waals surface area contributed by atoms with Gasteiger partial charge in [-0.05, 0) is 45.6 Å². The molecule has 0 bridgehead atoms. The molecule has 5 N–H and O–H groups in total. The first-order valence-electron chi connectivity index (χ1n) is 10.1. The zero-order valence-corrected chi connectivity index (χ0v) is 18.0. The number of alkyl carbamates (subject to hydrolysis) is 2. The van der Waals surface area contributed by atoms with E-state index >= 15 is 0 Å². The lowest BCUT2D eigenvalue weighted by Gasteiger charge is -2.23. The summed E-state index contributed by atoms with van der Waals surface area (Å²) >= 11 is 0. The predicted octanol–water partition coefficient (Wildman–Crippen LogP) is 2.05. The summed E-state index contributed by atoms with van der Waals surface area (Å²) in [6.07, 6.45) is 0.476. The van der Waals surface area contributed by atoms with Crippen LogP contribution in [0.2, 0.25) is 0 Å². The van der Waals surface area contributed by atoms with E-state index < -0.39 is 23.8 Å². The standard InChI is InChI=1S/C21H34N4O5/c1-21(2,3)30-20(28)25-17(18(26)23-14-12-22)11-7-8-13-24-19(27)29-15-16-9-5-4-6-10-16/h4-6,9-10,17H,7-8,11-15,22H2,1-3H3,(H,23,26)(H,24,27)(H,25,28)/t17-/m0/s1. The molecule has 0 saturated heterocycles. The monoisotopic (exact) mass is 422 g/mol. The van der Waals surface area contributed by atoms with E-state index in [0.29, 0.717) is 38.9 Å². The van der Waals surface area contributed by atoms with Gasteiger partial charge in [-0.15, -0.1) is 0 Å². The SMILES string of the molecule is CC(C)(C)OC(=O)N[C@@H](CCCCNC(=O)OCc1ccccc1)C(=O)NCCN. The molecule has 3 amide bonds. The highest BCUT2D eigenvalue weighted by molar-refractivity contribution is 5.85. The van der Waals surface area contributed by atoms with Gasteiger partial charge in [-0.1, -0.05) is 30.3 Å². The van der Waals surface area contributed by atoms with Crippen molar-refractivity contribution in [3.8, 4) is 0 Å². The zero-order valence-electron chi connectivity index (χ0n) is 18.0. The first-order chi connectivity index (χ1) is 14.2. The van der Waals surface area contributed by atoms with Crippen molar-refractivity contribution in [1.29, 1.82) is 0 Å². The third-order valence-electron chi connectivity index (χ3n) is 3.85. The second-order valence-corrected chi connectivity index (χ2v) is 7.76. The minimum absolute atomic E-state index is 0.204. The van der Waals surface area contributed by atoms with Crippen LogP contribution in [0, 0.1) is 0 Å². The Morgan fingerprint density at radius 2 is 1.70 bits per heavy atom. The van der Waals surface area contributed by atoms with Crippen LogP contribution in [0.1, 0.15) is 45.6 Å². The van der Waals surface area contributed by atoms with Gasteiger partial charge >= 0.3 is 12.2 Å². The number of amides is 3. The smallest absolute Gasteiger partial charge is 0.408 e. The number of nitrogens with one attached hydrogen (secondary N) is 3. The molecule has 1 atom stereocenters. The van der Waals surface area contributed by atoms with Crippen LogP contribution in [0.25, 0.3) is 0 Å². The number of nitrogens with two attached hydrogens (primary N) is 1. The number of hydrogen-bond acceptors (Lipinski definition) is 6. The minimum atomic E-state index is -0.739. The molecule has 0 aromatic heterocycles. The molecule has 0 aliphatic carbocycles. The molecule has 1 rings (SSSR count). The number of carbonyl (C=O) groups excluding carboxylic acids is 3. The number of carbonyl (C=O) groups is 3. The predicted molar refractivity (Wildman–Crippen MR) is 114 cm³/mol. The summed E-state index contributed by atoms with van der Waals surface area (Å²) < 4.78 is 10.4. The fraction of sp³-hybridized carbons (Fsp3) is 0.571. The Labute approximate surface area is 178 Å². The summed E-state index contributed by atoms with van der Waals surface area (Å²) in [5.41, 5.74) is 5.66. The van der Waals surface area contributed by atoms with E-state index in [2.05, 4.69) is 16.0 Å². The number of unbranched alkanes of at least 4 members (excludes halogenated alkanes) is 1. The largest absolute Gasteiger partial charge is 0.445 e. The second kappa shape index (κ2) is 13.4. The van der Waals surface area contributed by atoms with Crippen LogP contribution in [0.3, 0.4) is 0 Å². The van der Waals surface area contributed by atoms with Gasteiger partial charge in [-0.3, -0.25) is 4.79 Å². The van der Waals surface area contributed by atoms with E-state index in [1.54, 1.807) is 20.8 Å². The fourth-order valence-electron chi connectivity index (χ4n) is 2.48. The first-order valence-corrected chi connectivity index (χ1v) is 10.1. The van der Waals surface area contributed by atoms with Crippen molar-refractivity contribution < 1.29 is 23.9 Å². The van der Waals surface area contributed by atoms with Crippen LogP contribution < -0.4 is 21.7 Å². The Kier molecular flexibility index (Phi) is 11.3. The lowest BCUT2D eigenvalue weighted by Crippen LogP contribution is -2.49. The third-order valence-corrected chi connectivity index (χ3v) is 3.85. The van der Waals surface area contributed by atoms with Crippen LogP contribution >= 0.6 is 0 Å². The van der Waals surface area contributed by atoms with E-state index in [9.17, 15) is 14.4 Å². The summed E-state index contributed by atoms with van der Waals surface area (Å²) in [4.78, 5) is 36.0. The third kappa shape index (κ3) is 11.9. The van der Waals surface area contributed by atoms with Gasteiger partial charge in [-0.2, -0.15) is 0 Å². The second-order valence-electron chi connectivity index (χ2n) is 7.76. The molecule has 9 heteroatoms. The van der Waals surface area contributed by atoms with Gasteiger partial charge in [0.25, 0.3) is 0 Å². The lowest BCUT2D eigenvalue weighted by molar-refractivity contribution is -0.123. The Balaban J connectivity index is 2.34. The summed E-state index contributed by atoms with van der Waals surface area (Å²) in [6, 6.07) is 8.66. The fourth-order valence-corrected chi connectivity index (χ4v) is 2.48. The quantitative estimate of drug-likeness (QED) is 0.404. The molecule has 0 fully saturated rings. The van der Waals surface area contributed by atoms with Gasteiger partial charge in [0.05, 0.1) is 0 Å². The van der Waals surface area contributed by atoms with Gasteiger partial charge in [0.1, 0.15) is 18.2 Å². The van der Waals surface area contributed by atoms with Crippen molar-refractivity contribution in [3.63, 3.8) is 0 Å². The molecule has 0 radical (unpaired) electrons. The van der Waals surface area contributed by atoms with E-state index in [0.717, 1.165) is 5.56 Å². The van der Waals surface area contributed by atoms with Crippen LogP contribution in [0.4, 0.5) is 9.59 Å². The van der Waals surface area contributed by atoms with Crippen molar-refractivity contribution in [3.05, 3.63) is 35.9 Å². The molecule has 0 aliphatic rings. The maximum absolute atomic E-state index is 12.3. The highest BCUT2D eigenvalue weighted by Gasteiger charge is 2.23. The van der Waals surface area contributed by atoms with Crippen LogP contribution in [0.5, 0.6) is 0 Å². The van der Waals surface area contributed by atoms with Gasteiger partial charge in [0, 0.05) is 19.6 Å². The van der Waals surface area contributed by atoms with Gasteiger partial charge in [0.15, 0.2) is 0 Å². The van der Waals surface area contributed by atoms with Crippen LogP contribution in [-0.4, -0.2) is 49.4 Å². The Hall–Kier alpha value is -2.81. The maximum Gasteiger partial charge on any atom is 0.408 e. The van der Waals surface area contributed by atoms with Gasteiger partial charge in [-0.25, -0.2) is 9.59 Å². The highest BCUT2D eigenvalue weighted by Crippen LogP contribution is 2.08. The topological polar surface area (TPSA) is 132 Å². The van der Waals surface area contributed by atoms with E-state index in [4.69, 9.17) is 15.2 Å². The first kappa shape index (κ1) is 25.2. The molecule has 9 nitrogen and oxygen atoms in total. The molecule has 30 heavy (non-hydrogen) atoms. The van der Waals surface area contributed by atoms with Crippen molar-refractivity contribution >= 4 is 18.1 Å². The molecule has 0 aliphatic heterocycles. The summed E-state index contributed by atoms with van der Waals surface area (Å²) in [5, 5.41) is 7.93. The van der Waals surface area contributed by atoms with Crippen LogP contribution in [0.15, 0.2) is 30.3 Å². The van der Waals surface area contributed by atoms with Crippen LogP contribution in [-0.2, 0) is 20.9 Å². The number of benzene rings is 1. The normalized spacial score (nSPS) is 11.9. The van der Waals surface area contributed by atoms with E-state index in [1.165, 1.54) is 0 Å². The number of hydrogen-bond donors (Lipinski definition) is 4. The zero-order chi connectivity index (χ0) is 22.4. The molecule has 1 aromatic rings. The maximum atomic E-state index is 12.3.